The second-order valence-corrected chi connectivity index (χ2v) is 4.91. The van der Waals surface area contributed by atoms with Crippen LogP contribution in [0.4, 0.5) is 17.1 Å². The number of nitro benzene ring substituents is 2. The third kappa shape index (κ3) is 3.80. The molecule has 2 rings (SSSR count). The second-order valence-electron chi connectivity index (χ2n) is 4.51. The van der Waals surface area contributed by atoms with Crippen molar-refractivity contribution in [1.82, 2.24) is 0 Å². The zero-order valence-corrected chi connectivity index (χ0v) is 12.6. The Morgan fingerprint density at radius 1 is 1.09 bits per heavy atom. The summed E-state index contributed by atoms with van der Waals surface area (Å²) in [7, 11) is 0. The van der Waals surface area contributed by atoms with Gasteiger partial charge in [-0.15, -0.1) is 0 Å². The predicted octanol–water partition coefficient (Wildman–Crippen LogP) is 3.99. The number of halogens is 1. The number of benzene rings is 2. The van der Waals surface area contributed by atoms with E-state index >= 15 is 0 Å². The Kier molecular flexibility index (Phi) is 4.87. The number of hydrogen-bond donors (Lipinski definition) is 1. The molecule has 0 atom stereocenters. The van der Waals surface area contributed by atoms with E-state index in [-0.39, 0.29) is 22.1 Å². The smallest absolute Gasteiger partial charge is 0.271 e. The minimum Gasteiger partial charge on any atom is -0.271 e. The van der Waals surface area contributed by atoms with Crippen LogP contribution in [0.2, 0.25) is 5.02 Å². The topological polar surface area (TPSA) is 111 Å². The molecule has 0 spiro atoms. The highest BCUT2D eigenvalue weighted by Crippen LogP contribution is 2.26. The van der Waals surface area contributed by atoms with E-state index < -0.39 is 9.85 Å². The van der Waals surface area contributed by atoms with Gasteiger partial charge in [-0.05, 0) is 19.1 Å². The van der Waals surface area contributed by atoms with Crippen LogP contribution in [0.3, 0.4) is 0 Å². The molecule has 118 valence electrons. The number of rotatable bonds is 5. The van der Waals surface area contributed by atoms with Gasteiger partial charge in [0.15, 0.2) is 0 Å². The lowest BCUT2D eigenvalue weighted by Crippen LogP contribution is -2.02. The normalized spacial score (nSPS) is 11.1. The number of anilines is 1. The molecule has 0 fully saturated rings. The molecule has 2 aromatic carbocycles. The van der Waals surface area contributed by atoms with E-state index in [4.69, 9.17) is 11.6 Å². The Labute approximate surface area is 135 Å². The lowest BCUT2D eigenvalue weighted by Gasteiger charge is -2.05. The van der Waals surface area contributed by atoms with Gasteiger partial charge < -0.3 is 0 Å². The van der Waals surface area contributed by atoms with Crippen LogP contribution in [0.1, 0.15) is 12.5 Å². The summed E-state index contributed by atoms with van der Waals surface area (Å²) < 4.78 is 0. The SMILES string of the molecule is CC(=NNc1ccccc1[N+](=O)[O-])c1ccc(Cl)c([N+](=O)[O-])c1. The summed E-state index contributed by atoms with van der Waals surface area (Å²) in [5.74, 6) is 0. The first-order valence-corrected chi connectivity index (χ1v) is 6.76. The fourth-order valence-corrected chi connectivity index (χ4v) is 2.00. The summed E-state index contributed by atoms with van der Waals surface area (Å²) >= 11 is 5.75. The highest BCUT2D eigenvalue weighted by molar-refractivity contribution is 6.32. The molecule has 0 aliphatic heterocycles. The minimum atomic E-state index is -0.589. The monoisotopic (exact) mass is 334 g/mol. The van der Waals surface area contributed by atoms with Crippen molar-refractivity contribution in [3.8, 4) is 0 Å². The molecule has 0 bridgehead atoms. The summed E-state index contributed by atoms with van der Waals surface area (Å²) in [6, 6.07) is 10.3. The third-order valence-electron chi connectivity index (χ3n) is 3.01. The van der Waals surface area contributed by atoms with Crippen molar-refractivity contribution in [2.24, 2.45) is 5.10 Å². The molecular weight excluding hydrogens is 324 g/mol. The molecule has 0 aromatic heterocycles. The highest BCUT2D eigenvalue weighted by atomic mass is 35.5. The summed E-state index contributed by atoms with van der Waals surface area (Å²) in [5.41, 5.74) is 3.37. The van der Waals surface area contributed by atoms with Gasteiger partial charge in [0.1, 0.15) is 10.7 Å². The van der Waals surface area contributed by atoms with Crippen molar-refractivity contribution < 1.29 is 9.85 Å². The maximum absolute atomic E-state index is 10.9. The van der Waals surface area contributed by atoms with Gasteiger partial charge in [0, 0.05) is 17.7 Å². The van der Waals surface area contributed by atoms with Crippen LogP contribution < -0.4 is 5.43 Å². The van der Waals surface area contributed by atoms with E-state index in [2.05, 4.69) is 10.5 Å². The Hall–Kier alpha value is -3.00. The van der Waals surface area contributed by atoms with Crippen molar-refractivity contribution in [2.75, 3.05) is 5.43 Å². The zero-order chi connectivity index (χ0) is 17.0. The van der Waals surface area contributed by atoms with E-state index in [1.165, 1.54) is 24.3 Å². The number of hydrogen-bond acceptors (Lipinski definition) is 6. The van der Waals surface area contributed by atoms with E-state index in [1.54, 1.807) is 25.1 Å². The Bertz CT molecular complexity index is 807. The van der Waals surface area contributed by atoms with E-state index in [0.717, 1.165) is 0 Å². The van der Waals surface area contributed by atoms with Gasteiger partial charge in [0.25, 0.3) is 11.4 Å². The Morgan fingerprint density at radius 3 is 2.39 bits per heavy atom. The first-order chi connectivity index (χ1) is 10.9. The molecular formula is C14H11ClN4O4. The molecule has 2 aromatic rings. The van der Waals surface area contributed by atoms with Crippen molar-refractivity contribution in [1.29, 1.82) is 0 Å². The Balaban J connectivity index is 2.29. The van der Waals surface area contributed by atoms with Gasteiger partial charge in [-0.1, -0.05) is 29.8 Å². The molecule has 0 unspecified atom stereocenters. The van der Waals surface area contributed by atoms with Crippen LogP contribution in [0.5, 0.6) is 0 Å². The average molecular weight is 335 g/mol. The summed E-state index contributed by atoms with van der Waals surface area (Å²) in [6.07, 6.45) is 0. The first kappa shape index (κ1) is 16.4. The maximum atomic E-state index is 10.9. The number of para-hydroxylation sites is 2. The van der Waals surface area contributed by atoms with Crippen LogP contribution in [-0.4, -0.2) is 15.6 Å². The van der Waals surface area contributed by atoms with Gasteiger partial charge in [-0.3, -0.25) is 25.7 Å². The van der Waals surface area contributed by atoms with E-state index in [1.807, 2.05) is 0 Å². The van der Waals surface area contributed by atoms with Gasteiger partial charge in [0.2, 0.25) is 0 Å². The highest BCUT2D eigenvalue weighted by Gasteiger charge is 2.15. The first-order valence-electron chi connectivity index (χ1n) is 6.38. The zero-order valence-electron chi connectivity index (χ0n) is 11.9. The lowest BCUT2D eigenvalue weighted by molar-refractivity contribution is -0.384. The third-order valence-corrected chi connectivity index (χ3v) is 3.33. The molecule has 0 aliphatic carbocycles. The van der Waals surface area contributed by atoms with Gasteiger partial charge >= 0.3 is 0 Å². The summed E-state index contributed by atoms with van der Waals surface area (Å²) in [5, 5.41) is 25.9. The van der Waals surface area contributed by atoms with Crippen LogP contribution >= 0.6 is 11.6 Å². The molecule has 0 heterocycles. The van der Waals surface area contributed by atoms with Gasteiger partial charge in [-0.2, -0.15) is 5.10 Å². The molecule has 0 radical (unpaired) electrons. The predicted molar refractivity (Wildman–Crippen MR) is 87.0 cm³/mol. The summed E-state index contributed by atoms with van der Waals surface area (Å²) in [4.78, 5) is 20.7. The van der Waals surface area contributed by atoms with Crippen LogP contribution in [0, 0.1) is 20.2 Å². The number of nitro groups is 2. The van der Waals surface area contributed by atoms with Crippen LogP contribution in [0.15, 0.2) is 47.6 Å². The quantitative estimate of drug-likeness (QED) is 0.504. The van der Waals surface area contributed by atoms with Gasteiger partial charge in [-0.25, -0.2) is 0 Å². The molecule has 8 nitrogen and oxygen atoms in total. The van der Waals surface area contributed by atoms with Crippen LogP contribution in [0.25, 0.3) is 0 Å². The van der Waals surface area contributed by atoms with Crippen molar-refractivity contribution in [3.63, 3.8) is 0 Å². The largest absolute Gasteiger partial charge is 0.294 e. The lowest BCUT2D eigenvalue weighted by atomic mass is 10.1. The second kappa shape index (κ2) is 6.84. The molecule has 0 saturated heterocycles. The molecule has 0 saturated carbocycles. The van der Waals surface area contributed by atoms with E-state index in [0.29, 0.717) is 11.3 Å². The number of hydrazone groups is 1. The maximum Gasteiger partial charge on any atom is 0.294 e. The van der Waals surface area contributed by atoms with Crippen LogP contribution in [-0.2, 0) is 0 Å². The molecule has 1 N–H and O–H groups in total. The van der Waals surface area contributed by atoms with Crippen molar-refractivity contribution in [2.45, 2.75) is 6.92 Å². The average Bonchev–Trinajstić information content (AvgIpc) is 2.52. The molecule has 0 amide bonds. The molecule has 0 aliphatic rings. The fraction of sp³-hybridized carbons (Fsp3) is 0.0714. The number of nitrogens with one attached hydrogen (secondary N) is 1. The standard InChI is InChI=1S/C14H11ClN4O4/c1-9(10-6-7-11(15)14(8-10)19(22)23)16-17-12-4-2-3-5-13(12)18(20)21/h2-8,17H,1H3. The Morgan fingerprint density at radius 2 is 1.74 bits per heavy atom. The van der Waals surface area contributed by atoms with Crippen molar-refractivity contribution >= 4 is 34.4 Å². The fourth-order valence-electron chi connectivity index (χ4n) is 1.81. The molecule has 9 heteroatoms. The van der Waals surface area contributed by atoms with Gasteiger partial charge in [0.05, 0.1) is 15.6 Å². The molecule has 23 heavy (non-hydrogen) atoms. The van der Waals surface area contributed by atoms with E-state index in [9.17, 15) is 20.2 Å². The summed E-state index contributed by atoms with van der Waals surface area (Å²) in [6.45, 7) is 1.62. The van der Waals surface area contributed by atoms with Crippen molar-refractivity contribution in [3.05, 3.63) is 73.3 Å². The minimum absolute atomic E-state index is 0.0261. The number of nitrogens with zero attached hydrogens (tertiary/aromatic N) is 3.